The molecule has 2 fully saturated rings. The maximum absolute atomic E-state index is 14.0. The number of amides is 3. The predicted molar refractivity (Wildman–Crippen MR) is 263 cm³/mol. The summed E-state index contributed by atoms with van der Waals surface area (Å²) in [5.41, 5.74) is 1.37. The monoisotopic (exact) mass is 1110 g/mol. The first-order valence-electron chi connectivity index (χ1n) is 24.3. The minimum Gasteiger partial charge on any atom is -0.479 e. The molecule has 7 heterocycles. The zero-order valence-electron chi connectivity index (χ0n) is 41.4. The predicted octanol–water partition coefficient (Wildman–Crippen LogP) is -0.0873. The summed E-state index contributed by atoms with van der Waals surface area (Å²) in [6.45, 7) is 1.85. The van der Waals surface area contributed by atoms with E-state index in [-0.39, 0.29) is 93.1 Å². The van der Waals surface area contributed by atoms with E-state index in [4.69, 9.17) is 32.3 Å². The number of thioether (sulfide) groups is 1. The van der Waals surface area contributed by atoms with Crippen LogP contribution >= 0.6 is 11.8 Å². The molecule has 77 heavy (non-hydrogen) atoms. The Hall–Kier alpha value is -7.05. The number of aryl methyl sites for hydroxylation is 2. The maximum atomic E-state index is 14.0. The highest BCUT2D eigenvalue weighted by Crippen LogP contribution is 2.44. The maximum Gasteiger partial charge on any atom is 0.501 e. The fraction of sp³-hybridized carbons (Fsp3) is 0.449. The number of cyclic esters (lactones) is 1. The average molecular weight is 1110 g/mol. The SMILES string of the molecule is CC[C@]1(O)C(=O)OCc2c1cc1n(c2=O)Cc2c-1nc1cc(OS(=O)(=O)Oc3cc(C(=O)N(C)CCOCCn4cc(CN5C(=O)CC(SC)C5=O)nn4)ccc3O[C@@H]3O[C@H](C(=O)O)[C@@H](O)[C@H](O)[C@H]3O)cc3c1c2CCC3. The Labute approximate surface area is 441 Å². The van der Waals surface area contributed by atoms with Crippen LogP contribution in [0.15, 0.2) is 47.4 Å². The number of pyridine rings is 2. The van der Waals surface area contributed by atoms with Crippen molar-refractivity contribution in [2.24, 2.45) is 0 Å². The van der Waals surface area contributed by atoms with Crippen molar-refractivity contribution in [1.82, 2.24) is 34.3 Å². The highest BCUT2D eigenvalue weighted by atomic mass is 32.3. The molecule has 3 aromatic heterocycles. The van der Waals surface area contributed by atoms with E-state index < -0.39 is 86.9 Å². The van der Waals surface area contributed by atoms with Crippen LogP contribution in [0.3, 0.4) is 0 Å². The highest BCUT2D eigenvalue weighted by molar-refractivity contribution is 8.00. The number of likely N-dealkylation sites (tertiary alicyclic amines) is 1. The molecule has 408 valence electrons. The Morgan fingerprint density at radius 3 is 2.51 bits per heavy atom. The van der Waals surface area contributed by atoms with Crippen molar-refractivity contribution in [1.29, 1.82) is 0 Å². The number of hydrogen-bond donors (Lipinski definition) is 5. The Morgan fingerprint density at radius 1 is 0.974 bits per heavy atom. The Bertz CT molecular complexity index is 3440. The van der Waals surface area contributed by atoms with Crippen LogP contribution in [-0.4, -0.2) is 167 Å². The second-order valence-corrected chi connectivity index (χ2v) is 21.2. The molecule has 28 heteroatoms. The molecule has 5 aliphatic rings. The fourth-order valence-electron chi connectivity index (χ4n) is 10.1. The van der Waals surface area contributed by atoms with Gasteiger partial charge in [0, 0.05) is 48.2 Å². The molecule has 7 atom stereocenters. The third kappa shape index (κ3) is 9.87. The number of carboxylic acid groups (broad SMARTS) is 1. The van der Waals surface area contributed by atoms with Crippen LogP contribution in [0.2, 0.25) is 0 Å². The second kappa shape index (κ2) is 20.7. The molecule has 1 unspecified atom stereocenters. The lowest BCUT2D eigenvalue weighted by Crippen LogP contribution is -2.61. The zero-order valence-corrected chi connectivity index (χ0v) is 43.0. The van der Waals surface area contributed by atoms with Crippen molar-refractivity contribution in [3.8, 4) is 28.6 Å². The lowest BCUT2D eigenvalue weighted by molar-refractivity contribution is -0.271. The number of rotatable bonds is 18. The Balaban J connectivity index is 0.875. The van der Waals surface area contributed by atoms with Crippen molar-refractivity contribution in [2.75, 3.05) is 33.1 Å². The molecular weight excluding hydrogens is 1050 g/mol. The van der Waals surface area contributed by atoms with Gasteiger partial charge in [-0.15, -0.1) is 13.5 Å². The van der Waals surface area contributed by atoms with Crippen LogP contribution < -0.4 is 18.7 Å². The summed E-state index contributed by atoms with van der Waals surface area (Å²) in [5.74, 6) is -5.31. The standard InChI is InChI=1S/C49H51N7O19S2/c1-4-49(67)30-17-32-38-28(21-55(32)44(62)29(30)22-71-48(49)66)27-7-5-6-23-14-26(16-31(50-38)37(23)27)74-77(68,69)75-34-15-24(8-9-33(34)72-47-41(60)39(58)40(59)42(73-47)46(64)65)43(61)53(2)10-12-70-13-11-54-19-25(51-52-54)20-56-36(57)18-35(76-3)45(56)63/h8-9,14-17,19,35,39-42,47,58-60,67H,4-7,10-13,18,20-22H2,1-3H3,(H,64,65)/t35?,39-,40-,41+,42-,47+,49+/m0/s1. The van der Waals surface area contributed by atoms with Gasteiger partial charge in [-0.25, -0.2) is 19.3 Å². The van der Waals surface area contributed by atoms with Crippen LogP contribution in [0.4, 0.5) is 0 Å². The van der Waals surface area contributed by atoms with Gasteiger partial charge in [-0.2, -0.15) is 11.8 Å². The first kappa shape index (κ1) is 53.4. The summed E-state index contributed by atoms with van der Waals surface area (Å²) in [6.07, 6.45) is -5.22. The number of ether oxygens (including phenoxy) is 4. The van der Waals surface area contributed by atoms with Gasteiger partial charge in [0.15, 0.2) is 23.2 Å². The Morgan fingerprint density at radius 2 is 1.77 bits per heavy atom. The summed E-state index contributed by atoms with van der Waals surface area (Å²) in [5, 5.41) is 60.9. The second-order valence-electron chi connectivity index (χ2n) is 19.0. The normalized spacial score (nSPS) is 23.6. The largest absolute Gasteiger partial charge is 0.501 e. The molecule has 2 saturated heterocycles. The number of esters is 1. The van der Waals surface area contributed by atoms with Gasteiger partial charge in [0.2, 0.25) is 18.1 Å². The van der Waals surface area contributed by atoms with Gasteiger partial charge < -0.3 is 62.3 Å². The van der Waals surface area contributed by atoms with Crippen molar-refractivity contribution in [3.05, 3.63) is 92.0 Å². The van der Waals surface area contributed by atoms with Gasteiger partial charge in [0.25, 0.3) is 11.5 Å². The molecule has 0 radical (unpaired) electrons. The molecular formula is C49H51N7O19S2. The molecule has 2 aromatic carbocycles. The number of likely N-dealkylation sites (N-methyl/N-ethyl adjacent to an activating group) is 1. The minimum atomic E-state index is -5.21. The molecule has 4 aliphatic heterocycles. The van der Waals surface area contributed by atoms with Gasteiger partial charge in [0.05, 0.1) is 66.8 Å². The lowest BCUT2D eigenvalue weighted by Gasteiger charge is -2.38. The summed E-state index contributed by atoms with van der Waals surface area (Å²) < 4.78 is 63.9. The molecule has 0 saturated carbocycles. The van der Waals surface area contributed by atoms with Crippen molar-refractivity contribution < 1.29 is 85.2 Å². The number of aliphatic hydroxyl groups is 4. The molecule has 26 nitrogen and oxygen atoms in total. The third-order valence-corrected chi connectivity index (χ3v) is 16.0. The smallest absolute Gasteiger partial charge is 0.479 e. The number of aliphatic carboxylic acids is 1. The van der Waals surface area contributed by atoms with Crippen LogP contribution in [0.25, 0.3) is 22.3 Å². The number of aromatic nitrogens is 5. The van der Waals surface area contributed by atoms with Gasteiger partial charge >= 0.3 is 22.3 Å². The summed E-state index contributed by atoms with van der Waals surface area (Å²) in [4.78, 5) is 84.6. The molecule has 1 aliphatic carbocycles. The van der Waals surface area contributed by atoms with Crippen molar-refractivity contribution in [2.45, 2.75) is 107 Å². The summed E-state index contributed by atoms with van der Waals surface area (Å²) in [6, 6.07) is 7.70. The van der Waals surface area contributed by atoms with Crippen molar-refractivity contribution >= 4 is 62.7 Å². The number of aliphatic hydroxyl groups excluding tert-OH is 3. The van der Waals surface area contributed by atoms with Crippen LogP contribution in [0, 0.1) is 0 Å². The van der Waals surface area contributed by atoms with E-state index >= 15 is 0 Å². The van der Waals surface area contributed by atoms with Crippen LogP contribution in [0.5, 0.6) is 17.2 Å². The Kier molecular flexibility index (Phi) is 14.4. The number of imide groups is 1. The minimum absolute atomic E-state index is 0.0122. The lowest BCUT2D eigenvalue weighted by atomic mass is 9.85. The number of hydrogen-bond acceptors (Lipinski definition) is 22. The number of fused-ring (bicyclic) bond motifs is 5. The number of carbonyl (C=O) groups excluding carboxylic acids is 4. The van der Waals surface area contributed by atoms with Crippen molar-refractivity contribution in [3.63, 3.8) is 0 Å². The number of benzene rings is 2. The zero-order chi connectivity index (χ0) is 54.8. The molecule has 0 spiro atoms. The van der Waals surface area contributed by atoms with E-state index in [1.807, 2.05) is 0 Å². The molecule has 10 rings (SSSR count). The van der Waals surface area contributed by atoms with Crippen LogP contribution in [-0.2, 0) is 88.5 Å². The molecule has 5 N–H and O–H groups in total. The molecule has 3 amide bonds. The summed E-state index contributed by atoms with van der Waals surface area (Å²) in [7, 11) is -3.77. The van der Waals surface area contributed by atoms with E-state index in [1.165, 1.54) is 51.2 Å². The quantitative estimate of drug-likeness (QED) is 0.0427. The third-order valence-electron chi connectivity index (χ3n) is 14.2. The first-order chi connectivity index (χ1) is 36.7. The number of carbonyl (C=O) groups is 5. The van der Waals surface area contributed by atoms with E-state index in [0.29, 0.717) is 47.4 Å². The van der Waals surface area contributed by atoms with Gasteiger partial charge in [0.1, 0.15) is 36.4 Å². The van der Waals surface area contributed by atoms with Gasteiger partial charge in [-0.05, 0) is 73.4 Å². The average Bonchev–Trinajstić information content (AvgIpc) is 4.14. The van der Waals surface area contributed by atoms with E-state index in [9.17, 15) is 62.7 Å². The molecule has 5 aromatic rings. The topological polar surface area (TPSA) is 348 Å². The van der Waals surface area contributed by atoms with Gasteiger partial charge in [-0.1, -0.05) is 12.1 Å². The van der Waals surface area contributed by atoms with E-state index in [0.717, 1.165) is 33.5 Å². The van der Waals surface area contributed by atoms with Crippen LogP contribution in [0.1, 0.15) is 70.1 Å². The summed E-state index contributed by atoms with van der Waals surface area (Å²) >= 11 is 1.31. The van der Waals surface area contributed by atoms with Gasteiger partial charge in [-0.3, -0.25) is 24.1 Å². The highest BCUT2D eigenvalue weighted by Gasteiger charge is 2.49. The van der Waals surface area contributed by atoms with E-state index in [2.05, 4.69) is 10.3 Å². The fourth-order valence-corrected chi connectivity index (χ4v) is 11.5. The number of nitrogens with zero attached hydrogens (tertiary/aromatic N) is 7. The number of carboxylic acids is 1. The first-order valence-corrected chi connectivity index (χ1v) is 26.9. The van der Waals surface area contributed by atoms with E-state index in [1.54, 1.807) is 25.4 Å². The molecule has 0 bridgehead atoms.